The van der Waals surface area contributed by atoms with E-state index in [2.05, 4.69) is 0 Å². The SMILES string of the molecule is COc1ccccc1-c1ccc(C(=O)N2[C@@H](c3cccc(F)c3F)CC[C@H]2C(=O)O)cc1. The topological polar surface area (TPSA) is 66.8 Å². The molecule has 0 bridgehead atoms. The monoisotopic (exact) mass is 437 g/mol. The van der Waals surface area contributed by atoms with Crippen LogP contribution in [-0.2, 0) is 4.79 Å². The lowest BCUT2D eigenvalue weighted by Gasteiger charge is -2.29. The Bertz CT molecular complexity index is 1160. The van der Waals surface area contributed by atoms with Crippen molar-refractivity contribution in [3.8, 4) is 16.9 Å². The van der Waals surface area contributed by atoms with Crippen LogP contribution < -0.4 is 4.74 Å². The van der Waals surface area contributed by atoms with E-state index in [0.717, 1.165) is 22.1 Å². The largest absolute Gasteiger partial charge is 0.496 e. The van der Waals surface area contributed by atoms with Crippen LogP contribution in [0.2, 0.25) is 0 Å². The van der Waals surface area contributed by atoms with Crippen molar-refractivity contribution < 1.29 is 28.2 Å². The average molecular weight is 437 g/mol. The number of aliphatic carboxylic acids is 1. The highest BCUT2D eigenvalue weighted by atomic mass is 19.2. The van der Waals surface area contributed by atoms with Gasteiger partial charge >= 0.3 is 5.97 Å². The molecule has 1 fully saturated rings. The van der Waals surface area contributed by atoms with Gasteiger partial charge in [-0.2, -0.15) is 0 Å². The number of methoxy groups -OCH3 is 1. The molecule has 164 valence electrons. The lowest BCUT2D eigenvalue weighted by Crippen LogP contribution is -2.42. The molecule has 2 atom stereocenters. The third-order valence-corrected chi connectivity index (χ3v) is 5.79. The molecule has 7 heteroatoms. The Morgan fingerprint density at radius 2 is 1.69 bits per heavy atom. The summed E-state index contributed by atoms with van der Waals surface area (Å²) in [4.78, 5) is 26.3. The molecule has 0 aromatic heterocycles. The summed E-state index contributed by atoms with van der Waals surface area (Å²) in [6.45, 7) is 0. The Morgan fingerprint density at radius 1 is 0.969 bits per heavy atom. The first-order chi connectivity index (χ1) is 15.4. The molecule has 4 rings (SSSR count). The number of carboxylic acids is 1. The summed E-state index contributed by atoms with van der Waals surface area (Å²) in [5.41, 5.74) is 1.91. The van der Waals surface area contributed by atoms with Gasteiger partial charge in [0.05, 0.1) is 13.2 Å². The summed E-state index contributed by atoms with van der Waals surface area (Å²) >= 11 is 0. The van der Waals surface area contributed by atoms with Gasteiger partial charge in [0.25, 0.3) is 5.91 Å². The molecule has 0 aliphatic carbocycles. The van der Waals surface area contributed by atoms with Gasteiger partial charge in [-0.1, -0.05) is 42.5 Å². The highest BCUT2D eigenvalue weighted by Gasteiger charge is 2.43. The second kappa shape index (κ2) is 8.78. The molecule has 1 aliphatic heterocycles. The Morgan fingerprint density at radius 3 is 2.38 bits per heavy atom. The van der Waals surface area contributed by atoms with Gasteiger partial charge < -0.3 is 14.7 Å². The van der Waals surface area contributed by atoms with E-state index in [1.807, 2.05) is 24.3 Å². The van der Waals surface area contributed by atoms with Gasteiger partial charge in [-0.25, -0.2) is 13.6 Å². The number of likely N-dealkylation sites (tertiary alicyclic amines) is 1. The van der Waals surface area contributed by atoms with Crippen molar-refractivity contribution in [3.63, 3.8) is 0 Å². The zero-order valence-corrected chi connectivity index (χ0v) is 17.3. The van der Waals surface area contributed by atoms with Crippen molar-refractivity contribution in [1.82, 2.24) is 4.90 Å². The number of carbonyl (C=O) groups excluding carboxylic acids is 1. The fourth-order valence-corrected chi connectivity index (χ4v) is 4.24. The molecule has 1 aliphatic rings. The summed E-state index contributed by atoms with van der Waals surface area (Å²) in [6, 6.07) is 15.9. The third-order valence-electron chi connectivity index (χ3n) is 5.79. The van der Waals surface area contributed by atoms with Crippen molar-refractivity contribution in [3.05, 3.63) is 89.5 Å². The molecule has 0 radical (unpaired) electrons. The minimum atomic E-state index is -1.18. The van der Waals surface area contributed by atoms with Gasteiger partial charge in [0, 0.05) is 16.7 Å². The van der Waals surface area contributed by atoms with Gasteiger partial charge in [0.2, 0.25) is 0 Å². The number of carbonyl (C=O) groups is 2. The highest BCUT2D eigenvalue weighted by Crippen LogP contribution is 2.39. The molecular formula is C25H21F2NO4. The van der Waals surface area contributed by atoms with Crippen LogP contribution in [0.1, 0.15) is 34.8 Å². The van der Waals surface area contributed by atoms with E-state index in [0.29, 0.717) is 5.75 Å². The Kier molecular flexibility index (Phi) is 5.90. The van der Waals surface area contributed by atoms with E-state index < -0.39 is 35.6 Å². The first kappa shape index (κ1) is 21.5. The van der Waals surface area contributed by atoms with Crippen LogP contribution in [0.15, 0.2) is 66.7 Å². The Hall–Kier alpha value is -3.74. The first-order valence-electron chi connectivity index (χ1n) is 10.1. The van der Waals surface area contributed by atoms with E-state index >= 15 is 0 Å². The number of carboxylic acid groups (broad SMARTS) is 1. The maximum atomic E-state index is 14.5. The fourth-order valence-electron chi connectivity index (χ4n) is 4.24. The number of para-hydroxylation sites is 1. The maximum absolute atomic E-state index is 14.5. The summed E-state index contributed by atoms with van der Waals surface area (Å²) in [7, 11) is 1.57. The van der Waals surface area contributed by atoms with E-state index in [-0.39, 0.29) is 24.0 Å². The second-order valence-corrected chi connectivity index (χ2v) is 7.58. The minimum absolute atomic E-state index is 0.0206. The molecular weight excluding hydrogens is 416 g/mol. The van der Waals surface area contributed by atoms with Crippen LogP contribution in [-0.4, -0.2) is 35.0 Å². The zero-order chi connectivity index (χ0) is 22.8. The number of amides is 1. The van der Waals surface area contributed by atoms with Crippen LogP contribution in [0.25, 0.3) is 11.1 Å². The van der Waals surface area contributed by atoms with Gasteiger partial charge in [0.1, 0.15) is 11.8 Å². The Balaban J connectivity index is 1.69. The van der Waals surface area contributed by atoms with Crippen molar-refractivity contribution in [2.75, 3.05) is 7.11 Å². The molecule has 32 heavy (non-hydrogen) atoms. The van der Waals surface area contributed by atoms with Crippen molar-refractivity contribution in [2.24, 2.45) is 0 Å². The average Bonchev–Trinajstić information content (AvgIpc) is 3.25. The molecule has 1 amide bonds. The van der Waals surface area contributed by atoms with Crippen molar-refractivity contribution in [1.29, 1.82) is 0 Å². The molecule has 3 aromatic rings. The molecule has 5 nitrogen and oxygen atoms in total. The van der Waals surface area contributed by atoms with Crippen LogP contribution in [0.3, 0.4) is 0 Å². The molecule has 0 saturated carbocycles. The zero-order valence-electron chi connectivity index (χ0n) is 17.3. The fraction of sp³-hybridized carbons (Fsp3) is 0.200. The van der Waals surface area contributed by atoms with Gasteiger partial charge in [-0.3, -0.25) is 4.79 Å². The Labute approximate surface area is 183 Å². The van der Waals surface area contributed by atoms with E-state index in [4.69, 9.17) is 4.74 Å². The first-order valence-corrected chi connectivity index (χ1v) is 10.1. The summed E-state index contributed by atoms with van der Waals surface area (Å²) in [5.74, 6) is -3.14. The lowest BCUT2D eigenvalue weighted by molar-refractivity contribution is -0.141. The molecule has 3 aromatic carbocycles. The summed E-state index contributed by atoms with van der Waals surface area (Å²) < 4.78 is 33.6. The van der Waals surface area contributed by atoms with Crippen LogP contribution in [0.4, 0.5) is 8.78 Å². The van der Waals surface area contributed by atoms with Gasteiger partial charge in [-0.05, 0) is 42.7 Å². The molecule has 0 spiro atoms. The maximum Gasteiger partial charge on any atom is 0.326 e. The number of hydrogen-bond acceptors (Lipinski definition) is 3. The van der Waals surface area contributed by atoms with Gasteiger partial charge in [0.15, 0.2) is 11.6 Å². The van der Waals surface area contributed by atoms with Crippen LogP contribution in [0, 0.1) is 11.6 Å². The molecule has 1 saturated heterocycles. The van der Waals surface area contributed by atoms with E-state index in [1.54, 1.807) is 31.4 Å². The van der Waals surface area contributed by atoms with E-state index in [9.17, 15) is 23.5 Å². The smallest absolute Gasteiger partial charge is 0.326 e. The van der Waals surface area contributed by atoms with E-state index in [1.165, 1.54) is 12.1 Å². The lowest BCUT2D eigenvalue weighted by atomic mass is 10.0. The van der Waals surface area contributed by atoms with Gasteiger partial charge in [-0.15, -0.1) is 0 Å². The highest BCUT2D eigenvalue weighted by molar-refractivity contribution is 5.97. The number of hydrogen-bond donors (Lipinski definition) is 1. The van der Waals surface area contributed by atoms with Crippen LogP contribution in [0.5, 0.6) is 5.75 Å². The standard InChI is InChI=1S/C25H21F2NO4/c1-32-22-8-3-2-5-17(22)15-9-11-16(12-10-15)24(29)28-20(13-14-21(28)25(30)31)18-6-4-7-19(26)23(18)27/h2-12,20-21H,13-14H2,1H3,(H,30,31)/t20-,21+/m1/s1. The number of nitrogens with zero attached hydrogens (tertiary/aromatic N) is 1. The molecule has 1 N–H and O–H groups in total. The second-order valence-electron chi connectivity index (χ2n) is 7.58. The number of ether oxygens (including phenoxy) is 1. The quantitative estimate of drug-likeness (QED) is 0.605. The summed E-state index contributed by atoms with van der Waals surface area (Å²) in [5, 5.41) is 9.64. The normalized spacial score (nSPS) is 17.9. The third kappa shape index (κ3) is 3.82. The number of benzene rings is 3. The predicted octanol–water partition coefficient (Wildman–Crippen LogP) is 5.07. The number of rotatable bonds is 5. The summed E-state index contributed by atoms with van der Waals surface area (Å²) in [6.07, 6.45) is 0.378. The molecule has 1 heterocycles. The minimum Gasteiger partial charge on any atom is -0.496 e. The predicted molar refractivity (Wildman–Crippen MR) is 114 cm³/mol. The molecule has 0 unspecified atom stereocenters. The van der Waals surface area contributed by atoms with Crippen LogP contribution >= 0.6 is 0 Å². The number of halogens is 2. The van der Waals surface area contributed by atoms with Crippen molar-refractivity contribution >= 4 is 11.9 Å². The van der Waals surface area contributed by atoms with Crippen molar-refractivity contribution in [2.45, 2.75) is 24.9 Å².